The van der Waals surface area contributed by atoms with Crippen molar-refractivity contribution in [3.8, 4) is 0 Å². The molecule has 0 spiro atoms. The van der Waals surface area contributed by atoms with Crippen molar-refractivity contribution in [3.63, 3.8) is 0 Å². The van der Waals surface area contributed by atoms with Gasteiger partial charge in [0.25, 0.3) is 5.69 Å². The van der Waals surface area contributed by atoms with Gasteiger partial charge in [-0.15, -0.1) is 0 Å². The van der Waals surface area contributed by atoms with Crippen LogP contribution in [0, 0.1) is 16.0 Å². The molecule has 108 valence electrons. The normalized spacial score (nSPS) is 21.6. The van der Waals surface area contributed by atoms with Crippen LogP contribution in [0.15, 0.2) is 18.3 Å². The number of pyridine rings is 1. The van der Waals surface area contributed by atoms with Crippen molar-refractivity contribution >= 4 is 17.5 Å². The number of nitro groups is 1. The van der Waals surface area contributed by atoms with Crippen LogP contribution in [0.25, 0.3) is 0 Å². The van der Waals surface area contributed by atoms with Crippen LogP contribution >= 0.6 is 0 Å². The molecule has 0 amide bonds. The second kappa shape index (κ2) is 5.83. The first kappa shape index (κ1) is 14.2. The van der Waals surface area contributed by atoms with Crippen molar-refractivity contribution in [1.29, 1.82) is 0 Å². The summed E-state index contributed by atoms with van der Waals surface area (Å²) in [5, 5.41) is 20.0. The Morgan fingerprint density at radius 2 is 2.40 bits per heavy atom. The molecule has 8 heteroatoms. The maximum Gasteiger partial charge on any atom is 0.311 e. The third-order valence-electron chi connectivity index (χ3n) is 3.34. The number of anilines is 1. The van der Waals surface area contributed by atoms with E-state index < -0.39 is 16.8 Å². The van der Waals surface area contributed by atoms with E-state index in [1.165, 1.54) is 18.3 Å². The number of carbonyl (C=O) groups is 1. The van der Waals surface area contributed by atoms with E-state index in [2.05, 4.69) is 4.98 Å². The number of aliphatic carboxylic acids is 1. The highest BCUT2D eigenvalue weighted by Crippen LogP contribution is 2.26. The molecule has 1 N–H and O–H groups in total. The van der Waals surface area contributed by atoms with Gasteiger partial charge in [0, 0.05) is 18.8 Å². The lowest BCUT2D eigenvalue weighted by atomic mass is 10.0. The number of hydrogen-bond acceptors (Lipinski definition) is 6. The molecule has 20 heavy (non-hydrogen) atoms. The van der Waals surface area contributed by atoms with E-state index in [1.807, 2.05) is 6.92 Å². The number of aromatic nitrogens is 1. The first-order valence-corrected chi connectivity index (χ1v) is 6.22. The first-order chi connectivity index (χ1) is 9.54. The summed E-state index contributed by atoms with van der Waals surface area (Å²) in [6.45, 7) is 2.75. The third-order valence-corrected chi connectivity index (χ3v) is 3.34. The molecule has 0 saturated carbocycles. The van der Waals surface area contributed by atoms with Crippen molar-refractivity contribution in [2.75, 3.05) is 24.7 Å². The number of nitrogens with zero attached hydrogens (tertiary/aromatic N) is 3. The van der Waals surface area contributed by atoms with Crippen LogP contribution in [-0.2, 0) is 9.53 Å². The zero-order valence-corrected chi connectivity index (χ0v) is 10.9. The Morgan fingerprint density at radius 1 is 1.65 bits per heavy atom. The summed E-state index contributed by atoms with van der Waals surface area (Å²) in [6, 6.07) is 2.28. The summed E-state index contributed by atoms with van der Waals surface area (Å²) >= 11 is 0. The second-order valence-electron chi connectivity index (χ2n) is 4.46. The molecule has 1 fully saturated rings. The minimum atomic E-state index is -0.934. The molecule has 1 aromatic heterocycles. The smallest absolute Gasteiger partial charge is 0.311 e. The van der Waals surface area contributed by atoms with Crippen molar-refractivity contribution < 1.29 is 19.6 Å². The predicted octanol–water partition coefficient (Wildman–Crippen LogP) is 0.916. The molecule has 1 saturated heterocycles. The van der Waals surface area contributed by atoms with E-state index >= 15 is 0 Å². The van der Waals surface area contributed by atoms with Crippen molar-refractivity contribution in [2.24, 2.45) is 5.92 Å². The largest absolute Gasteiger partial charge is 0.481 e. The Morgan fingerprint density at radius 3 is 3.00 bits per heavy atom. The van der Waals surface area contributed by atoms with Crippen LogP contribution in [0.1, 0.15) is 6.92 Å². The van der Waals surface area contributed by atoms with Gasteiger partial charge in [-0.25, -0.2) is 4.98 Å². The van der Waals surface area contributed by atoms with Crippen LogP contribution in [0.3, 0.4) is 0 Å². The number of rotatable bonds is 5. The molecule has 8 nitrogen and oxygen atoms in total. The lowest BCUT2D eigenvalue weighted by molar-refractivity contribution is -0.384. The van der Waals surface area contributed by atoms with Gasteiger partial charge in [-0.2, -0.15) is 0 Å². The molecule has 0 aliphatic carbocycles. The summed E-state index contributed by atoms with van der Waals surface area (Å²) in [6.07, 6.45) is 1.35. The molecular weight excluding hydrogens is 266 g/mol. The standard InChI is InChI=1S/C12H15N3O5/c1-2-14(10-7-20-6-9(10)12(16)17)11-5-8(15(18)19)3-4-13-11/h3-5,9-10H,2,6-7H2,1H3,(H,16,17). The molecule has 0 aromatic carbocycles. The van der Waals surface area contributed by atoms with Gasteiger partial charge in [0.15, 0.2) is 0 Å². The van der Waals surface area contributed by atoms with Crippen LogP contribution in [-0.4, -0.2) is 46.8 Å². The van der Waals surface area contributed by atoms with Gasteiger partial charge in [0.05, 0.1) is 30.2 Å². The molecule has 2 atom stereocenters. The Balaban J connectivity index is 2.30. The summed E-state index contributed by atoms with van der Waals surface area (Å²) in [5.41, 5.74) is -0.0701. The van der Waals surface area contributed by atoms with Gasteiger partial charge < -0.3 is 14.7 Å². The summed E-state index contributed by atoms with van der Waals surface area (Å²) in [7, 11) is 0. The van der Waals surface area contributed by atoms with Crippen LogP contribution in [0.2, 0.25) is 0 Å². The number of ether oxygens (including phenoxy) is 1. The topological polar surface area (TPSA) is 106 Å². The minimum Gasteiger partial charge on any atom is -0.481 e. The Bertz CT molecular complexity index is 522. The average molecular weight is 281 g/mol. The predicted molar refractivity (Wildman–Crippen MR) is 69.6 cm³/mol. The van der Waals surface area contributed by atoms with Crippen LogP contribution < -0.4 is 4.90 Å². The SMILES string of the molecule is CCN(c1cc([N+](=O)[O-])ccn1)C1COCC1C(=O)O. The third kappa shape index (κ3) is 2.69. The molecule has 1 aromatic rings. The van der Waals surface area contributed by atoms with Gasteiger partial charge in [0.2, 0.25) is 0 Å². The van der Waals surface area contributed by atoms with E-state index in [-0.39, 0.29) is 24.9 Å². The molecular formula is C12H15N3O5. The highest BCUT2D eigenvalue weighted by molar-refractivity contribution is 5.72. The number of carboxylic acid groups (broad SMARTS) is 1. The average Bonchev–Trinajstić information content (AvgIpc) is 2.89. The van der Waals surface area contributed by atoms with Crippen molar-refractivity contribution in [3.05, 3.63) is 28.4 Å². The Hall–Kier alpha value is -2.22. The highest BCUT2D eigenvalue weighted by atomic mass is 16.6. The molecule has 2 heterocycles. The Labute approximate surface area is 115 Å². The fourth-order valence-corrected chi connectivity index (χ4v) is 2.33. The summed E-state index contributed by atoms with van der Waals surface area (Å²) in [5.74, 6) is -1.20. The molecule has 2 unspecified atom stereocenters. The fraction of sp³-hybridized carbons (Fsp3) is 0.500. The summed E-state index contributed by atoms with van der Waals surface area (Å²) < 4.78 is 5.23. The highest BCUT2D eigenvalue weighted by Gasteiger charge is 2.38. The van der Waals surface area contributed by atoms with Gasteiger partial charge in [-0.3, -0.25) is 14.9 Å². The van der Waals surface area contributed by atoms with E-state index in [0.717, 1.165) is 0 Å². The zero-order valence-electron chi connectivity index (χ0n) is 10.9. The van der Waals surface area contributed by atoms with Gasteiger partial charge >= 0.3 is 5.97 Å². The van der Waals surface area contributed by atoms with Gasteiger partial charge in [0.1, 0.15) is 11.7 Å². The molecule has 2 rings (SSSR count). The van der Waals surface area contributed by atoms with E-state index in [9.17, 15) is 20.0 Å². The van der Waals surface area contributed by atoms with E-state index in [1.54, 1.807) is 4.90 Å². The lowest BCUT2D eigenvalue weighted by Crippen LogP contribution is -2.43. The quantitative estimate of drug-likeness (QED) is 0.631. The van der Waals surface area contributed by atoms with E-state index in [0.29, 0.717) is 12.4 Å². The summed E-state index contributed by atoms with van der Waals surface area (Å²) in [4.78, 5) is 27.3. The number of hydrogen-bond donors (Lipinski definition) is 1. The van der Waals surface area contributed by atoms with Gasteiger partial charge in [-0.1, -0.05) is 0 Å². The Kier molecular flexibility index (Phi) is 4.14. The first-order valence-electron chi connectivity index (χ1n) is 6.22. The maximum atomic E-state index is 11.2. The van der Waals surface area contributed by atoms with E-state index in [4.69, 9.17) is 4.74 Å². The molecule has 0 radical (unpaired) electrons. The second-order valence-corrected chi connectivity index (χ2v) is 4.46. The molecule has 1 aliphatic rings. The maximum absolute atomic E-state index is 11.2. The lowest BCUT2D eigenvalue weighted by Gasteiger charge is -2.30. The molecule has 1 aliphatic heterocycles. The molecule has 0 bridgehead atoms. The van der Waals surface area contributed by atoms with Crippen LogP contribution in [0.4, 0.5) is 11.5 Å². The van der Waals surface area contributed by atoms with Gasteiger partial charge in [-0.05, 0) is 6.92 Å². The fourth-order valence-electron chi connectivity index (χ4n) is 2.33. The number of likely N-dealkylation sites (N-methyl/N-ethyl adjacent to an activating group) is 1. The van der Waals surface area contributed by atoms with Crippen molar-refractivity contribution in [2.45, 2.75) is 13.0 Å². The minimum absolute atomic E-state index is 0.0701. The number of carboxylic acids is 1. The van der Waals surface area contributed by atoms with Crippen molar-refractivity contribution in [1.82, 2.24) is 4.98 Å². The monoisotopic (exact) mass is 281 g/mol. The van der Waals surface area contributed by atoms with Crippen LogP contribution in [0.5, 0.6) is 0 Å². The zero-order chi connectivity index (χ0) is 14.7.